The first-order valence-corrected chi connectivity index (χ1v) is 7.01. The van der Waals surface area contributed by atoms with Crippen LogP contribution in [0.2, 0.25) is 0 Å². The number of nitrogens with one attached hydrogen (secondary N) is 1. The highest BCUT2D eigenvalue weighted by molar-refractivity contribution is 9.10. The zero-order chi connectivity index (χ0) is 15.4. The molecule has 0 amide bonds. The standard InChI is InChI=1S/C15H16BrFN2O2/c1-20-13-5-10(6-14(8-13)21-2)15(19-18)9-3-11(16)7-12(17)4-9/h3-8,15,19H,18H2,1-2H3. The summed E-state index contributed by atoms with van der Waals surface area (Å²) in [5.41, 5.74) is 4.20. The van der Waals surface area contributed by atoms with Gasteiger partial charge in [0.05, 0.1) is 20.3 Å². The molecule has 0 saturated heterocycles. The fourth-order valence-corrected chi connectivity index (χ4v) is 2.61. The first-order chi connectivity index (χ1) is 10.1. The van der Waals surface area contributed by atoms with Crippen LogP contribution in [0.15, 0.2) is 40.9 Å². The molecule has 0 fully saturated rings. The van der Waals surface area contributed by atoms with Gasteiger partial charge in [0.1, 0.15) is 17.3 Å². The summed E-state index contributed by atoms with van der Waals surface area (Å²) in [6.07, 6.45) is 0. The molecule has 4 nitrogen and oxygen atoms in total. The van der Waals surface area contributed by atoms with Gasteiger partial charge in [0.25, 0.3) is 0 Å². The summed E-state index contributed by atoms with van der Waals surface area (Å²) in [5.74, 6) is 6.59. The third-order valence-corrected chi connectivity index (χ3v) is 3.55. The van der Waals surface area contributed by atoms with Gasteiger partial charge in [0, 0.05) is 10.5 Å². The lowest BCUT2D eigenvalue weighted by molar-refractivity contribution is 0.392. The Kier molecular flexibility index (Phi) is 5.17. The molecule has 0 aliphatic rings. The Balaban J connectivity index is 2.49. The van der Waals surface area contributed by atoms with E-state index in [0.717, 1.165) is 5.56 Å². The van der Waals surface area contributed by atoms with E-state index in [9.17, 15) is 4.39 Å². The summed E-state index contributed by atoms with van der Waals surface area (Å²) in [6, 6.07) is 9.65. The summed E-state index contributed by atoms with van der Waals surface area (Å²) in [6.45, 7) is 0. The van der Waals surface area contributed by atoms with Gasteiger partial charge in [-0.05, 0) is 41.5 Å². The largest absolute Gasteiger partial charge is 0.497 e. The first-order valence-electron chi connectivity index (χ1n) is 6.22. The summed E-state index contributed by atoms with van der Waals surface area (Å²) < 4.78 is 24.7. The van der Waals surface area contributed by atoms with E-state index in [1.54, 1.807) is 26.4 Å². The number of halogens is 2. The zero-order valence-electron chi connectivity index (χ0n) is 11.7. The molecular weight excluding hydrogens is 339 g/mol. The fourth-order valence-electron chi connectivity index (χ4n) is 2.12. The second-order valence-electron chi connectivity index (χ2n) is 4.45. The van der Waals surface area contributed by atoms with E-state index in [2.05, 4.69) is 21.4 Å². The van der Waals surface area contributed by atoms with Crippen molar-refractivity contribution in [3.05, 3.63) is 57.8 Å². The molecule has 0 spiro atoms. The summed E-state index contributed by atoms with van der Waals surface area (Å²) in [4.78, 5) is 0. The molecule has 3 N–H and O–H groups in total. The third kappa shape index (κ3) is 3.72. The molecule has 0 saturated carbocycles. The zero-order valence-corrected chi connectivity index (χ0v) is 13.3. The SMILES string of the molecule is COc1cc(OC)cc(C(NN)c2cc(F)cc(Br)c2)c1. The molecule has 0 aliphatic carbocycles. The van der Waals surface area contributed by atoms with Gasteiger partial charge in [-0.3, -0.25) is 5.84 Å². The van der Waals surface area contributed by atoms with Crippen molar-refractivity contribution in [1.82, 2.24) is 5.43 Å². The average Bonchev–Trinajstić information content (AvgIpc) is 2.46. The fraction of sp³-hybridized carbons (Fsp3) is 0.200. The van der Waals surface area contributed by atoms with Crippen molar-refractivity contribution in [2.45, 2.75) is 6.04 Å². The molecule has 21 heavy (non-hydrogen) atoms. The van der Waals surface area contributed by atoms with Crippen molar-refractivity contribution in [2.24, 2.45) is 5.84 Å². The van der Waals surface area contributed by atoms with E-state index in [-0.39, 0.29) is 11.9 Å². The highest BCUT2D eigenvalue weighted by Crippen LogP contribution is 2.31. The maximum atomic E-state index is 13.6. The number of hydrogen-bond acceptors (Lipinski definition) is 4. The molecule has 112 valence electrons. The van der Waals surface area contributed by atoms with Crippen LogP contribution in [-0.2, 0) is 0 Å². The normalized spacial score (nSPS) is 12.0. The van der Waals surface area contributed by atoms with Crippen LogP contribution >= 0.6 is 15.9 Å². The Morgan fingerprint density at radius 2 is 1.57 bits per heavy atom. The minimum absolute atomic E-state index is 0.338. The van der Waals surface area contributed by atoms with Gasteiger partial charge in [-0.2, -0.15) is 0 Å². The highest BCUT2D eigenvalue weighted by atomic mass is 79.9. The maximum absolute atomic E-state index is 13.6. The van der Waals surface area contributed by atoms with Crippen molar-refractivity contribution in [3.63, 3.8) is 0 Å². The lowest BCUT2D eigenvalue weighted by Crippen LogP contribution is -2.29. The van der Waals surface area contributed by atoms with Gasteiger partial charge in [-0.15, -0.1) is 0 Å². The minimum Gasteiger partial charge on any atom is -0.497 e. The van der Waals surface area contributed by atoms with Crippen LogP contribution in [0.4, 0.5) is 4.39 Å². The van der Waals surface area contributed by atoms with Crippen molar-refractivity contribution >= 4 is 15.9 Å². The lowest BCUT2D eigenvalue weighted by atomic mass is 9.98. The molecule has 2 rings (SSSR count). The van der Waals surface area contributed by atoms with Crippen LogP contribution < -0.4 is 20.7 Å². The molecule has 0 aromatic heterocycles. The average molecular weight is 355 g/mol. The molecule has 6 heteroatoms. The minimum atomic E-state index is -0.388. The maximum Gasteiger partial charge on any atom is 0.124 e. The smallest absolute Gasteiger partial charge is 0.124 e. The van der Waals surface area contributed by atoms with Crippen molar-refractivity contribution in [2.75, 3.05) is 14.2 Å². The van der Waals surface area contributed by atoms with Crippen LogP contribution in [0.25, 0.3) is 0 Å². The van der Waals surface area contributed by atoms with E-state index in [1.165, 1.54) is 12.1 Å². The molecule has 1 atom stereocenters. The quantitative estimate of drug-likeness (QED) is 0.639. The summed E-state index contributed by atoms with van der Waals surface area (Å²) in [7, 11) is 3.14. The second-order valence-corrected chi connectivity index (χ2v) is 5.36. The predicted molar refractivity (Wildman–Crippen MR) is 82.8 cm³/mol. The Hall–Kier alpha value is -1.63. The number of rotatable bonds is 5. The molecule has 2 aromatic rings. The number of benzene rings is 2. The second kappa shape index (κ2) is 6.89. The van der Waals surface area contributed by atoms with Crippen LogP contribution in [-0.4, -0.2) is 14.2 Å². The molecule has 0 bridgehead atoms. The Labute approximate surface area is 131 Å². The number of hydrogen-bond donors (Lipinski definition) is 2. The monoisotopic (exact) mass is 354 g/mol. The van der Waals surface area contributed by atoms with Crippen LogP contribution in [0.1, 0.15) is 17.2 Å². The Morgan fingerprint density at radius 1 is 1.00 bits per heavy atom. The first kappa shape index (κ1) is 15.8. The van der Waals surface area contributed by atoms with Crippen LogP contribution in [0, 0.1) is 5.82 Å². The number of ether oxygens (including phenoxy) is 2. The van der Waals surface area contributed by atoms with Gasteiger partial charge in [-0.1, -0.05) is 15.9 Å². The van der Waals surface area contributed by atoms with E-state index in [4.69, 9.17) is 15.3 Å². The van der Waals surface area contributed by atoms with E-state index >= 15 is 0 Å². The number of nitrogens with two attached hydrogens (primary N) is 1. The van der Waals surface area contributed by atoms with Gasteiger partial charge in [0.15, 0.2) is 0 Å². The van der Waals surface area contributed by atoms with Gasteiger partial charge < -0.3 is 9.47 Å². The Bertz CT molecular complexity index is 595. The molecule has 0 heterocycles. The third-order valence-electron chi connectivity index (χ3n) is 3.09. The van der Waals surface area contributed by atoms with E-state index in [1.807, 2.05) is 12.1 Å². The van der Waals surface area contributed by atoms with Gasteiger partial charge in [-0.25, -0.2) is 9.82 Å². The predicted octanol–water partition coefficient (Wildman–Crippen LogP) is 3.16. The molecule has 0 radical (unpaired) electrons. The topological polar surface area (TPSA) is 56.5 Å². The number of methoxy groups -OCH3 is 2. The number of hydrazine groups is 1. The van der Waals surface area contributed by atoms with Gasteiger partial charge in [0.2, 0.25) is 0 Å². The van der Waals surface area contributed by atoms with Crippen molar-refractivity contribution < 1.29 is 13.9 Å². The highest BCUT2D eigenvalue weighted by Gasteiger charge is 2.16. The van der Waals surface area contributed by atoms with E-state index in [0.29, 0.717) is 21.5 Å². The van der Waals surface area contributed by atoms with Crippen molar-refractivity contribution in [1.29, 1.82) is 0 Å². The molecule has 0 aliphatic heterocycles. The van der Waals surface area contributed by atoms with Crippen LogP contribution in [0.3, 0.4) is 0 Å². The van der Waals surface area contributed by atoms with E-state index < -0.39 is 0 Å². The Morgan fingerprint density at radius 3 is 2.05 bits per heavy atom. The molecule has 1 unspecified atom stereocenters. The summed E-state index contributed by atoms with van der Waals surface area (Å²) in [5, 5.41) is 0. The van der Waals surface area contributed by atoms with Crippen molar-refractivity contribution in [3.8, 4) is 11.5 Å². The van der Waals surface area contributed by atoms with Gasteiger partial charge >= 0.3 is 0 Å². The summed E-state index contributed by atoms with van der Waals surface area (Å²) >= 11 is 3.28. The molecular formula is C15H16BrFN2O2. The molecule has 2 aromatic carbocycles. The lowest BCUT2D eigenvalue weighted by Gasteiger charge is -2.19. The van der Waals surface area contributed by atoms with Crippen LogP contribution in [0.5, 0.6) is 11.5 Å².